The van der Waals surface area contributed by atoms with E-state index in [9.17, 15) is 5.11 Å². The predicted octanol–water partition coefficient (Wildman–Crippen LogP) is 2.80. The minimum Gasteiger partial charge on any atom is -0.386 e. The minimum atomic E-state index is -0.926. The van der Waals surface area contributed by atoms with Gasteiger partial charge < -0.3 is 10.4 Å². The van der Waals surface area contributed by atoms with E-state index in [0.29, 0.717) is 21.4 Å². The lowest BCUT2D eigenvalue weighted by molar-refractivity contribution is 0.191. The molecule has 0 aliphatic heterocycles. The largest absolute Gasteiger partial charge is 0.386 e. The van der Waals surface area contributed by atoms with Gasteiger partial charge in [-0.15, -0.1) is 0 Å². The Morgan fingerprint density at radius 3 is 2.55 bits per heavy atom. The Labute approximate surface area is 125 Å². The molecule has 1 aromatic carbocycles. The highest BCUT2D eigenvalue weighted by atomic mass is 35.5. The molecule has 5 nitrogen and oxygen atoms in total. The van der Waals surface area contributed by atoms with Crippen molar-refractivity contribution in [1.82, 2.24) is 9.97 Å². The van der Waals surface area contributed by atoms with E-state index in [2.05, 4.69) is 15.3 Å². The summed E-state index contributed by atoms with van der Waals surface area (Å²) < 4.78 is 0. The number of nitriles is 1. The molecule has 1 heterocycles. The highest BCUT2D eigenvalue weighted by Crippen LogP contribution is 2.30. The van der Waals surface area contributed by atoms with E-state index < -0.39 is 6.10 Å². The number of aliphatic hydroxyl groups excluding tert-OH is 1. The van der Waals surface area contributed by atoms with E-state index in [-0.39, 0.29) is 12.2 Å². The van der Waals surface area contributed by atoms with E-state index in [1.807, 2.05) is 6.07 Å². The Balaban J connectivity index is 2.13. The zero-order valence-electron chi connectivity index (χ0n) is 10.2. The van der Waals surface area contributed by atoms with Gasteiger partial charge in [0, 0.05) is 34.5 Å². The molecule has 0 aliphatic carbocycles. The van der Waals surface area contributed by atoms with E-state index in [0.717, 1.165) is 0 Å². The molecular formula is C13H10Cl2N4O. The molecule has 2 rings (SSSR count). The van der Waals surface area contributed by atoms with Crippen molar-refractivity contribution in [1.29, 1.82) is 5.26 Å². The topological polar surface area (TPSA) is 81.8 Å². The average Bonchev–Trinajstić information content (AvgIpc) is 2.45. The van der Waals surface area contributed by atoms with Crippen LogP contribution in [-0.2, 0) is 0 Å². The van der Waals surface area contributed by atoms with E-state index >= 15 is 0 Å². The molecule has 0 saturated carbocycles. The second-order valence-corrected chi connectivity index (χ2v) is 4.71. The molecule has 20 heavy (non-hydrogen) atoms. The van der Waals surface area contributed by atoms with Crippen LogP contribution in [0, 0.1) is 11.3 Å². The number of nitrogens with zero attached hydrogens (tertiary/aromatic N) is 3. The molecule has 0 spiro atoms. The maximum atomic E-state index is 10.1. The van der Waals surface area contributed by atoms with Crippen molar-refractivity contribution in [2.45, 2.75) is 6.10 Å². The molecule has 0 fully saturated rings. The van der Waals surface area contributed by atoms with Crippen molar-refractivity contribution in [2.24, 2.45) is 0 Å². The van der Waals surface area contributed by atoms with Crippen LogP contribution < -0.4 is 5.32 Å². The van der Waals surface area contributed by atoms with Gasteiger partial charge in [0.1, 0.15) is 6.07 Å². The number of hydrogen-bond donors (Lipinski definition) is 2. The molecular weight excluding hydrogens is 299 g/mol. The normalized spacial score (nSPS) is 11.7. The highest BCUT2D eigenvalue weighted by molar-refractivity contribution is 6.36. The lowest BCUT2D eigenvalue weighted by Crippen LogP contribution is -2.15. The van der Waals surface area contributed by atoms with Crippen molar-refractivity contribution in [3.63, 3.8) is 0 Å². The molecule has 0 saturated heterocycles. The molecule has 1 atom stereocenters. The monoisotopic (exact) mass is 308 g/mol. The van der Waals surface area contributed by atoms with Gasteiger partial charge in [0.05, 0.1) is 6.10 Å². The Morgan fingerprint density at radius 2 is 1.90 bits per heavy atom. The quantitative estimate of drug-likeness (QED) is 0.907. The SMILES string of the molecule is N#Cc1nccnc1NC[C@H](O)c1c(Cl)cccc1Cl. The number of hydrogen-bond acceptors (Lipinski definition) is 5. The fourth-order valence-corrected chi connectivity index (χ4v) is 2.32. The molecule has 2 N–H and O–H groups in total. The third kappa shape index (κ3) is 3.17. The van der Waals surface area contributed by atoms with E-state index in [1.54, 1.807) is 18.2 Å². The molecule has 0 bridgehead atoms. The van der Waals surface area contributed by atoms with Gasteiger partial charge in [-0.3, -0.25) is 0 Å². The Morgan fingerprint density at radius 1 is 1.25 bits per heavy atom. The molecule has 2 aromatic rings. The molecule has 0 aliphatic rings. The van der Waals surface area contributed by atoms with Crippen molar-refractivity contribution in [3.05, 3.63) is 51.9 Å². The second kappa shape index (κ2) is 6.53. The van der Waals surface area contributed by atoms with Gasteiger partial charge >= 0.3 is 0 Å². The number of aromatic nitrogens is 2. The van der Waals surface area contributed by atoms with Crippen molar-refractivity contribution in [2.75, 3.05) is 11.9 Å². The standard InChI is InChI=1S/C13H10Cl2N4O/c14-8-2-1-3-9(15)12(8)11(20)7-19-13-10(6-16)17-4-5-18-13/h1-5,11,20H,7H2,(H,18,19)/t11-/m0/s1. The van der Waals surface area contributed by atoms with E-state index in [1.165, 1.54) is 12.4 Å². The third-order valence-electron chi connectivity index (χ3n) is 2.60. The molecule has 1 aromatic heterocycles. The Kier molecular flexibility index (Phi) is 4.74. The first-order valence-electron chi connectivity index (χ1n) is 5.70. The lowest BCUT2D eigenvalue weighted by Gasteiger charge is -2.15. The maximum absolute atomic E-state index is 10.1. The van der Waals surface area contributed by atoms with Gasteiger partial charge in [-0.25, -0.2) is 9.97 Å². The molecule has 0 radical (unpaired) electrons. The van der Waals surface area contributed by atoms with Crippen LogP contribution in [0.3, 0.4) is 0 Å². The van der Waals surface area contributed by atoms with Gasteiger partial charge in [0.15, 0.2) is 11.5 Å². The minimum absolute atomic E-state index is 0.108. The first kappa shape index (κ1) is 14.5. The first-order chi connectivity index (χ1) is 9.63. The maximum Gasteiger partial charge on any atom is 0.182 e. The van der Waals surface area contributed by atoms with Crippen LogP contribution >= 0.6 is 23.2 Å². The smallest absolute Gasteiger partial charge is 0.182 e. The van der Waals surface area contributed by atoms with Crippen LogP contribution in [0.2, 0.25) is 10.0 Å². The van der Waals surface area contributed by atoms with Crippen LogP contribution in [0.4, 0.5) is 5.82 Å². The third-order valence-corrected chi connectivity index (χ3v) is 3.26. The van der Waals surface area contributed by atoms with Gasteiger partial charge in [-0.05, 0) is 12.1 Å². The summed E-state index contributed by atoms with van der Waals surface area (Å²) in [5, 5.41) is 22.7. The number of rotatable bonds is 4. The molecule has 0 amide bonds. The number of anilines is 1. The number of nitrogens with one attached hydrogen (secondary N) is 1. The highest BCUT2D eigenvalue weighted by Gasteiger charge is 2.16. The van der Waals surface area contributed by atoms with Gasteiger partial charge in [0.25, 0.3) is 0 Å². The average molecular weight is 309 g/mol. The number of halogens is 2. The van der Waals surface area contributed by atoms with Crippen molar-refractivity contribution < 1.29 is 5.11 Å². The molecule has 7 heteroatoms. The summed E-state index contributed by atoms with van der Waals surface area (Å²) in [4.78, 5) is 7.85. The summed E-state index contributed by atoms with van der Waals surface area (Å²) >= 11 is 12.0. The summed E-state index contributed by atoms with van der Waals surface area (Å²) in [6.45, 7) is 0.108. The first-order valence-corrected chi connectivity index (χ1v) is 6.46. The van der Waals surface area contributed by atoms with Crippen molar-refractivity contribution in [3.8, 4) is 6.07 Å². The van der Waals surface area contributed by atoms with Crippen LogP contribution in [0.25, 0.3) is 0 Å². The number of benzene rings is 1. The van der Waals surface area contributed by atoms with Crippen LogP contribution in [0.15, 0.2) is 30.6 Å². The van der Waals surface area contributed by atoms with Crippen LogP contribution in [-0.4, -0.2) is 21.6 Å². The van der Waals surface area contributed by atoms with Crippen LogP contribution in [0.1, 0.15) is 17.4 Å². The zero-order valence-corrected chi connectivity index (χ0v) is 11.7. The fraction of sp³-hybridized carbons (Fsp3) is 0.154. The van der Waals surface area contributed by atoms with Gasteiger partial charge in [-0.2, -0.15) is 5.26 Å². The molecule has 102 valence electrons. The van der Waals surface area contributed by atoms with Gasteiger partial charge in [-0.1, -0.05) is 29.3 Å². The summed E-state index contributed by atoms with van der Waals surface area (Å²) in [6, 6.07) is 6.91. The number of aliphatic hydroxyl groups is 1. The summed E-state index contributed by atoms with van der Waals surface area (Å²) in [6.07, 6.45) is 1.95. The lowest BCUT2D eigenvalue weighted by atomic mass is 10.1. The fourth-order valence-electron chi connectivity index (χ4n) is 1.67. The predicted molar refractivity (Wildman–Crippen MR) is 76.7 cm³/mol. The summed E-state index contributed by atoms with van der Waals surface area (Å²) in [7, 11) is 0. The van der Waals surface area contributed by atoms with Crippen LogP contribution in [0.5, 0.6) is 0 Å². The summed E-state index contributed by atoms with van der Waals surface area (Å²) in [5.74, 6) is 0.303. The zero-order chi connectivity index (χ0) is 14.5. The molecule has 0 unspecified atom stereocenters. The Bertz CT molecular complexity index is 637. The van der Waals surface area contributed by atoms with E-state index in [4.69, 9.17) is 28.5 Å². The van der Waals surface area contributed by atoms with Crippen molar-refractivity contribution >= 4 is 29.0 Å². The Hall–Kier alpha value is -1.87. The van der Waals surface area contributed by atoms with Gasteiger partial charge in [0.2, 0.25) is 0 Å². The summed E-state index contributed by atoms with van der Waals surface area (Å²) in [5.41, 5.74) is 0.593. The second-order valence-electron chi connectivity index (χ2n) is 3.90.